The number of hydrogen-bond donors (Lipinski definition) is 2. The molecule has 2 N–H and O–H groups in total. The first-order chi connectivity index (χ1) is 21.8. The van der Waals surface area contributed by atoms with Gasteiger partial charge < -0.3 is 14.8 Å². The molecule has 3 aliphatic rings. The van der Waals surface area contributed by atoms with Gasteiger partial charge in [-0.15, -0.1) is 0 Å². The lowest BCUT2D eigenvalue weighted by atomic mass is 9.91. The fourth-order valence-corrected chi connectivity index (χ4v) is 7.27. The molecule has 4 unspecified atom stereocenters. The van der Waals surface area contributed by atoms with E-state index in [1.54, 1.807) is 0 Å². The maximum atomic E-state index is 5.42. The number of rotatable bonds is 4. The van der Waals surface area contributed by atoms with Crippen LogP contribution < -0.4 is 15.5 Å². The number of hydrogen-bond acceptors (Lipinski definition) is 4. The number of aliphatic imine (C=N–C) groups is 1. The van der Waals surface area contributed by atoms with Gasteiger partial charge in [0.25, 0.3) is 0 Å². The van der Waals surface area contributed by atoms with Crippen LogP contribution in [0.1, 0.15) is 28.8 Å². The molecule has 1 aliphatic carbocycles. The number of benzene rings is 5. The monoisotopic (exact) mass is 569 g/mol. The van der Waals surface area contributed by atoms with Crippen LogP contribution in [0.25, 0.3) is 27.5 Å². The van der Waals surface area contributed by atoms with Crippen molar-refractivity contribution in [3.8, 4) is 5.69 Å². The summed E-state index contributed by atoms with van der Waals surface area (Å²) in [7, 11) is 0. The first-order valence-corrected chi connectivity index (χ1v) is 15.3. The predicted molar refractivity (Wildman–Crippen MR) is 180 cm³/mol. The van der Waals surface area contributed by atoms with E-state index in [0.717, 1.165) is 17.1 Å². The third kappa shape index (κ3) is 3.86. The minimum Gasteiger partial charge on any atom is -0.350 e. The van der Waals surface area contributed by atoms with E-state index in [9.17, 15) is 0 Å². The van der Waals surface area contributed by atoms with Crippen molar-refractivity contribution in [2.75, 3.05) is 4.90 Å². The standard InChI is InChI=1S/C39H31N5/c1-4-14-26(15-5-1)37-40-38(27-16-6-2-7-17-27)42-39(41-37)44-34-23-13-11-21-30(34)32-25-24-31-29-20-10-12-22-33(29)43(35(31)36(32)44)28-18-8-3-9-19-28/h1-25,30,34,37,39,41H,(H,40,42). The zero-order valence-electron chi connectivity index (χ0n) is 24.1. The van der Waals surface area contributed by atoms with Crippen LogP contribution in [-0.4, -0.2) is 22.7 Å². The van der Waals surface area contributed by atoms with Crippen molar-refractivity contribution in [1.82, 2.24) is 15.2 Å². The molecule has 3 heterocycles. The van der Waals surface area contributed by atoms with Crippen LogP contribution in [0, 0.1) is 0 Å². The second kappa shape index (κ2) is 10.1. The summed E-state index contributed by atoms with van der Waals surface area (Å²) in [5.41, 5.74) is 8.39. The Hall–Kier alpha value is -5.39. The summed E-state index contributed by atoms with van der Waals surface area (Å²) in [6.07, 6.45) is 8.63. The Morgan fingerprint density at radius 2 is 1.34 bits per heavy atom. The molecule has 212 valence electrons. The van der Waals surface area contributed by atoms with Crippen LogP contribution in [0.5, 0.6) is 0 Å². The highest BCUT2D eigenvalue weighted by Gasteiger charge is 2.44. The minimum absolute atomic E-state index is 0.112. The predicted octanol–water partition coefficient (Wildman–Crippen LogP) is 7.80. The van der Waals surface area contributed by atoms with Crippen molar-refractivity contribution >= 4 is 33.3 Å². The maximum Gasteiger partial charge on any atom is 0.181 e. The number of amidine groups is 1. The van der Waals surface area contributed by atoms with Gasteiger partial charge in [-0.05, 0) is 29.3 Å². The number of nitrogens with one attached hydrogen (secondary N) is 2. The average molecular weight is 570 g/mol. The molecule has 6 aromatic rings. The van der Waals surface area contributed by atoms with Gasteiger partial charge in [0.1, 0.15) is 12.0 Å². The third-order valence-electron chi connectivity index (χ3n) is 9.19. The summed E-state index contributed by atoms with van der Waals surface area (Å²) in [6, 6.07) is 45.4. The van der Waals surface area contributed by atoms with E-state index in [0.29, 0.717) is 0 Å². The molecule has 2 aliphatic heterocycles. The summed E-state index contributed by atoms with van der Waals surface area (Å²) in [6.45, 7) is 0. The van der Waals surface area contributed by atoms with Gasteiger partial charge in [0, 0.05) is 27.9 Å². The van der Waals surface area contributed by atoms with Gasteiger partial charge in [-0.25, -0.2) is 4.99 Å². The molecule has 0 radical (unpaired) electrons. The molecule has 1 aromatic heterocycles. The summed E-state index contributed by atoms with van der Waals surface area (Å²) >= 11 is 0. The second-order valence-electron chi connectivity index (χ2n) is 11.7. The zero-order chi connectivity index (χ0) is 29.0. The van der Waals surface area contributed by atoms with Gasteiger partial charge in [0.15, 0.2) is 6.29 Å². The number of fused-ring (bicyclic) bond motifs is 7. The van der Waals surface area contributed by atoms with E-state index in [1.807, 2.05) is 0 Å². The molecule has 4 atom stereocenters. The van der Waals surface area contributed by atoms with Crippen molar-refractivity contribution < 1.29 is 0 Å². The van der Waals surface area contributed by atoms with Crippen LogP contribution >= 0.6 is 0 Å². The Kier molecular flexibility index (Phi) is 5.78. The molecule has 5 aromatic carbocycles. The van der Waals surface area contributed by atoms with E-state index in [2.05, 4.69) is 172 Å². The van der Waals surface area contributed by atoms with E-state index >= 15 is 0 Å². The summed E-state index contributed by atoms with van der Waals surface area (Å²) in [4.78, 5) is 7.94. The van der Waals surface area contributed by atoms with Crippen molar-refractivity contribution in [1.29, 1.82) is 0 Å². The number of nitrogens with zero attached hydrogens (tertiary/aromatic N) is 3. The number of allylic oxidation sites excluding steroid dienone is 2. The van der Waals surface area contributed by atoms with Gasteiger partial charge in [0.2, 0.25) is 0 Å². The summed E-state index contributed by atoms with van der Waals surface area (Å²) in [5, 5.41) is 10.1. The quantitative estimate of drug-likeness (QED) is 0.228. The van der Waals surface area contributed by atoms with Crippen LogP contribution in [0.4, 0.5) is 5.69 Å². The minimum atomic E-state index is -0.311. The lowest BCUT2D eigenvalue weighted by molar-refractivity contribution is 0.377. The van der Waals surface area contributed by atoms with Crippen molar-refractivity contribution in [3.63, 3.8) is 0 Å². The summed E-state index contributed by atoms with van der Waals surface area (Å²) in [5.74, 6) is 1.11. The Bertz CT molecular complexity index is 2090. The molecular weight excluding hydrogens is 538 g/mol. The molecule has 9 rings (SSSR count). The third-order valence-corrected chi connectivity index (χ3v) is 9.19. The van der Waals surface area contributed by atoms with Crippen LogP contribution in [0.2, 0.25) is 0 Å². The number of para-hydroxylation sites is 2. The number of aromatic nitrogens is 1. The zero-order valence-corrected chi connectivity index (χ0v) is 24.1. The van der Waals surface area contributed by atoms with E-state index in [1.165, 1.54) is 38.6 Å². The van der Waals surface area contributed by atoms with Crippen LogP contribution in [0.15, 0.2) is 157 Å². The Morgan fingerprint density at radius 1 is 0.636 bits per heavy atom. The van der Waals surface area contributed by atoms with Crippen molar-refractivity contribution in [2.45, 2.75) is 24.4 Å². The van der Waals surface area contributed by atoms with Gasteiger partial charge in [-0.2, -0.15) is 0 Å². The van der Waals surface area contributed by atoms with E-state index < -0.39 is 0 Å². The first kappa shape index (κ1) is 25.1. The topological polar surface area (TPSA) is 44.6 Å². The number of anilines is 1. The molecule has 44 heavy (non-hydrogen) atoms. The van der Waals surface area contributed by atoms with Gasteiger partial charge >= 0.3 is 0 Å². The highest BCUT2D eigenvalue weighted by molar-refractivity contribution is 6.14. The molecule has 0 saturated heterocycles. The largest absolute Gasteiger partial charge is 0.350 e. The molecule has 5 heteroatoms. The highest BCUT2D eigenvalue weighted by Crippen LogP contribution is 2.51. The smallest absolute Gasteiger partial charge is 0.181 e. The lowest BCUT2D eigenvalue weighted by Crippen LogP contribution is -2.57. The fraction of sp³-hybridized carbons (Fsp3) is 0.103. The van der Waals surface area contributed by atoms with Gasteiger partial charge in [0.05, 0.1) is 22.8 Å². The SMILES string of the molecule is C1=CC2c3ccc4c5ccccc5n(-c5ccccc5)c4c3N(C3N=C(c4ccccc4)NC(c4ccccc4)N3)C2C=C1. The molecule has 0 fully saturated rings. The summed E-state index contributed by atoms with van der Waals surface area (Å²) < 4.78 is 2.44. The van der Waals surface area contributed by atoms with E-state index in [-0.39, 0.29) is 24.4 Å². The molecule has 0 amide bonds. The van der Waals surface area contributed by atoms with Crippen molar-refractivity contribution in [2.24, 2.45) is 4.99 Å². The molecule has 0 bridgehead atoms. The fourth-order valence-electron chi connectivity index (χ4n) is 7.27. The Labute approximate surface area is 256 Å². The Morgan fingerprint density at radius 3 is 2.16 bits per heavy atom. The van der Waals surface area contributed by atoms with Crippen molar-refractivity contribution in [3.05, 3.63) is 168 Å². The van der Waals surface area contributed by atoms with Crippen LogP contribution in [0.3, 0.4) is 0 Å². The maximum absolute atomic E-state index is 5.42. The highest BCUT2D eigenvalue weighted by atomic mass is 15.5. The molecular formula is C39H31N5. The van der Waals surface area contributed by atoms with Gasteiger partial charge in [-0.3, -0.25) is 5.32 Å². The molecule has 0 saturated carbocycles. The first-order valence-electron chi connectivity index (χ1n) is 15.3. The second-order valence-corrected chi connectivity index (χ2v) is 11.7. The molecule has 5 nitrogen and oxygen atoms in total. The Balaban J connectivity index is 1.31. The van der Waals surface area contributed by atoms with E-state index in [4.69, 9.17) is 4.99 Å². The lowest BCUT2D eigenvalue weighted by Gasteiger charge is -2.40. The molecule has 0 spiro atoms. The normalized spacial score (nSPS) is 22.1. The van der Waals surface area contributed by atoms with Crippen LogP contribution in [-0.2, 0) is 0 Å². The average Bonchev–Trinajstić information content (AvgIpc) is 3.62. The van der Waals surface area contributed by atoms with Gasteiger partial charge in [-0.1, -0.05) is 133 Å².